The van der Waals surface area contributed by atoms with Crippen molar-refractivity contribution in [2.45, 2.75) is 39.7 Å². The van der Waals surface area contributed by atoms with Gasteiger partial charge in [-0.15, -0.1) is 0 Å². The average Bonchev–Trinajstić information content (AvgIpc) is 2.60. The fourth-order valence-electron chi connectivity index (χ4n) is 2.91. The first kappa shape index (κ1) is 19.1. The minimum absolute atomic E-state index is 0.0390. The Kier molecular flexibility index (Phi) is 7.10. The number of rotatable bonds is 7. The molecule has 3 amide bonds. The van der Waals surface area contributed by atoms with Gasteiger partial charge in [0.2, 0.25) is 5.91 Å². The van der Waals surface area contributed by atoms with Crippen LogP contribution in [0.25, 0.3) is 0 Å². The molecule has 6 nitrogen and oxygen atoms in total. The molecule has 1 aromatic rings. The van der Waals surface area contributed by atoms with Crippen LogP contribution in [0.4, 0.5) is 4.79 Å². The van der Waals surface area contributed by atoms with Crippen LogP contribution in [0.1, 0.15) is 38.7 Å². The van der Waals surface area contributed by atoms with Crippen LogP contribution >= 0.6 is 0 Å². The first-order valence-corrected chi connectivity index (χ1v) is 9.00. The van der Waals surface area contributed by atoms with E-state index in [9.17, 15) is 9.59 Å². The maximum absolute atomic E-state index is 12.4. The second-order valence-electron chi connectivity index (χ2n) is 6.98. The second-order valence-corrected chi connectivity index (χ2v) is 6.98. The largest absolute Gasteiger partial charge is 0.493 e. The Labute approximate surface area is 149 Å². The standard InChI is InChI=1S/C19H29N3O3/c1-14(2)9-11-25-17-8-4-3-6-15(17)12-21-18(23)16-7-5-10-22(13-16)19(20)24/h3-4,6,8,14,16H,5,7,9-13H2,1-2H3,(H2,20,24)(H,21,23). The first-order chi connectivity index (χ1) is 12.0. The van der Waals surface area contributed by atoms with Crippen LogP contribution in [-0.2, 0) is 11.3 Å². The molecule has 138 valence electrons. The van der Waals surface area contributed by atoms with E-state index in [1.54, 1.807) is 0 Å². The van der Waals surface area contributed by atoms with E-state index in [1.807, 2.05) is 24.3 Å². The lowest BCUT2D eigenvalue weighted by atomic mass is 9.97. The lowest BCUT2D eigenvalue weighted by Crippen LogP contribution is -2.47. The molecular weight excluding hydrogens is 318 g/mol. The second kappa shape index (κ2) is 9.30. The van der Waals surface area contributed by atoms with Crippen LogP contribution in [0, 0.1) is 11.8 Å². The molecule has 1 aliphatic heterocycles. The molecule has 2 rings (SSSR count). The molecule has 1 unspecified atom stereocenters. The molecule has 1 fully saturated rings. The maximum Gasteiger partial charge on any atom is 0.314 e. The number of likely N-dealkylation sites (tertiary alicyclic amines) is 1. The number of nitrogens with zero attached hydrogens (tertiary/aromatic N) is 1. The van der Waals surface area contributed by atoms with Gasteiger partial charge in [0.15, 0.2) is 0 Å². The Morgan fingerprint density at radius 1 is 1.36 bits per heavy atom. The summed E-state index contributed by atoms with van der Waals surface area (Å²) in [5.41, 5.74) is 6.28. The molecule has 1 heterocycles. The summed E-state index contributed by atoms with van der Waals surface area (Å²) >= 11 is 0. The third-order valence-electron chi connectivity index (χ3n) is 4.48. The molecular formula is C19H29N3O3. The number of amides is 3. The van der Waals surface area contributed by atoms with Crippen LogP contribution < -0.4 is 15.8 Å². The van der Waals surface area contributed by atoms with Gasteiger partial charge in [-0.25, -0.2) is 4.79 Å². The normalized spacial score (nSPS) is 17.4. The van der Waals surface area contributed by atoms with Crippen LogP contribution in [0.5, 0.6) is 5.75 Å². The zero-order chi connectivity index (χ0) is 18.2. The number of urea groups is 1. The van der Waals surface area contributed by atoms with Gasteiger partial charge in [0, 0.05) is 25.2 Å². The molecule has 1 aliphatic rings. The van der Waals surface area contributed by atoms with Gasteiger partial charge in [-0.2, -0.15) is 0 Å². The molecule has 1 aromatic carbocycles. The zero-order valence-electron chi connectivity index (χ0n) is 15.2. The summed E-state index contributed by atoms with van der Waals surface area (Å²) in [7, 11) is 0. The van der Waals surface area contributed by atoms with Crippen molar-refractivity contribution in [2.75, 3.05) is 19.7 Å². The minimum Gasteiger partial charge on any atom is -0.493 e. The molecule has 1 saturated heterocycles. The predicted molar refractivity (Wildman–Crippen MR) is 97.1 cm³/mol. The molecule has 0 aromatic heterocycles. The number of hydrogen-bond donors (Lipinski definition) is 2. The molecule has 3 N–H and O–H groups in total. The molecule has 0 bridgehead atoms. The number of para-hydroxylation sites is 1. The Balaban J connectivity index is 1.88. The number of piperidine rings is 1. The number of ether oxygens (including phenoxy) is 1. The summed E-state index contributed by atoms with van der Waals surface area (Å²) in [6, 6.07) is 7.30. The monoisotopic (exact) mass is 347 g/mol. The Morgan fingerprint density at radius 2 is 2.12 bits per heavy atom. The molecule has 1 atom stereocenters. The Bertz CT molecular complexity index is 589. The third-order valence-corrected chi connectivity index (χ3v) is 4.48. The van der Waals surface area contributed by atoms with Gasteiger partial charge < -0.3 is 20.7 Å². The number of carbonyl (C=O) groups is 2. The maximum atomic E-state index is 12.4. The van der Waals surface area contributed by atoms with Gasteiger partial charge in [0.25, 0.3) is 0 Å². The summed E-state index contributed by atoms with van der Waals surface area (Å²) < 4.78 is 5.85. The van der Waals surface area contributed by atoms with E-state index in [4.69, 9.17) is 10.5 Å². The van der Waals surface area contributed by atoms with Crippen molar-refractivity contribution >= 4 is 11.9 Å². The van der Waals surface area contributed by atoms with Crippen molar-refractivity contribution in [2.24, 2.45) is 17.6 Å². The van der Waals surface area contributed by atoms with Gasteiger partial charge in [0.1, 0.15) is 5.75 Å². The van der Waals surface area contributed by atoms with Crippen LogP contribution in [0.3, 0.4) is 0 Å². The third kappa shape index (κ3) is 5.96. The van der Waals surface area contributed by atoms with Gasteiger partial charge in [-0.1, -0.05) is 32.0 Å². The number of primary amides is 1. The van der Waals surface area contributed by atoms with Gasteiger partial charge >= 0.3 is 6.03 Å². The number of carbonyl (C=O) groups excluding carboxylic acids is 2. The highest BCUT2D eigenvalue weighted by Crippen LogP contribution is 2.20. The first-order valence-electron chi connectivity index (χ1n) is 9.00. The average molecular weight is 347 g/mol. The van der Waals surface area contributed by atoms with Gasteiger partial charge in [-0.3, -0.25) is 4.79 Å². The number of nitrogens with one attached hydrogen (secondary N) is 1. The number of nitrogens with two attached hydrogens (primary N) is 1. The van der Waals surface area contributed by atoms with E-state index in [0.717, 1.165) is 30.6 Å². The summed E-state index contributed by atoms with van der Waals surface area (Å²) in [6.07, 6.45) is 2.57. The van der Waals surface area contributed by atoms with Crippen molar-refractivity contribution in [3.8, 4) is 5.75 Å². The molecule has 6 heteroatoms. The SMILES string of the molecule is CC(C)CCOc1ccccc1CNC(=O)C1CCCN(C(N)=O)C1. The predicted octanol–water partition coefficient (Wildman–Crippen LogP) is 2.52. The van der Waals surface area contributed by atoms with Gasteiger partial charge in [-0.05, 0) is 31.2 Å². The molecule has 0 saturated carbocycles. The molecule has 25 heavy (non-hydrogen) atoms. The van der Waals surface area contributed by atoms with E-state index >= 15 is 0 Å². The zero-order valence-corrected chi connectivity index (χ0v) is 15.2. The summed E-state index contributed by atoms with van der Waals surface area (Å²) in [6.45, 7) is 6.44. The highest BCUT2D eigenvalue weighted by Gasteiger charge is 2.27. The van der Waals surface area contributed by atoms with Crippen molar-refractivity contribution in [3.63, 3.8) is 0 Å². The van der Waals surface area contributed by atoms with Crippen molar-refractivity contribution in [3.05, 3.63) is 29.8 Å². The molecule has 0 radical (unpaired) electrons. The fourth-order valence-corrected chi connectivity index (χ4v) is 2.91. The topological polar surface area (TPSA) is 84.7 Å². The van der Waals surface area contributed by atoms with Gasteiger partial charge in [0.05, 0.1) is 12.5 Å². The van der Waals surface area contributed by atoms with Crippen LogP contribution in [0.15, 0.2) is 24.3 Å². The highest BCUT2D eigenvalue weighted by molar-refractivity contribution is 5.80. The smallest absolute Gasteiger partial charge is 0.314 e. The van der Waals surface area contributed by atoms with E-state index in [0.29, 0.717) is 32.2 Å². The summed E-state index contributed by atoms with van der Waals surface area (Å²) in [5.74, 6) is 1.16. The highest BCUT2D eigenvalue weighted by atomic mass is 16.5. The van der Waals surface area contributed by atoms with E-state index in [-0.39, 0.29) is 11.8 Å². The Hall–Kier alpha value is -2.24. The Morgan fingerprint density at radius 3 is 2.84 bits per heavy atom. The lowest BCUT2D eigenvalue weighted by Gasteiger charge is -2.30. The van der Waals surface area contributed by atoms with E-state index in [2.05, 4.69) is 19.2 Å². The van der Waals surface area contributed by atoms with E-state index < -0.39 is 6.03 Å². The van der Waals surface area contributed by atoms with Crippen molar-refractivity contribution < 1.29 is 14.3 Å². The lowest BCUT2D eigenvalue weighted by molar-refractivity contribution is -0.126. The molecule has 0 spiro atoms. The minimum atomic E-state index is -0.457. The molecule has 0 aliphatic carbocycles. The van der Waals surface area contributed by atoms with E-state index in [1.165, 1.54) is 4.90 Å². The van der Waals surface area contributed by atoms with Crippen molar-refractivity contribution in [1.82, 2.24) is 10.2 Å². The number of benzene rings is 1. The van der Waals surface area contributed by atoms with Crippen LogP contribution in [-0.4, -0.2) is 36.5 Å². The number of hydrogen-bond acceptors (Lipinski definition) is 3. The van der Waals surface area contributed by atoms with Crippen LogP contribution in [0.2, 0.25) is 0 Å². The summed E-state index contributed by atoms with van der Waals surface area (Å²) in [5, 5.41) is 2.97. The quantitative estimate of drug-likeness (QED) is 0.795. The fraction of sp³-hybridized carbons (Fsp3) is 0.579. The summed E-state index contributed by atoms with van der Waals surface area (Å²) in [4.78, 5) is 25.3. The van der Waals surface area contributed by atoms with Crippen molar-refractivity contribution in [1.29, 1.82) is 0 Å².